The van der Waals surface area contributed by atoms with E-state index in [0.29, 0.717) is 11.6 Å². The number of nitrogens with zero attached hydrogens (tertiary/aromatic N) is 2. The Morgan fingerprint density at radius 1 is 1.03 bits per heavy atom. The van der Waals surface area contributed by atoms with E-state index in [-0.39, 0.29) is 16.1 Å². The van der Waals surface area contributed by atoms with Crippen LogP contribution in [0.1, 0.15) is 30.7 Å². The summed E-state index contributed by atoms with van der Waals surface area (Å²) < 4.78 is 8.47. The van der Waals surface area contributed by atoms with Crippen molar-refractivity contribution < 1.29 is 14.0 Å². The van der Waals surface area contributed by atoms with E-state index in [2.05, 4.69) is 54.1 Å². The summed E-state index contributed by atoms with van der Waals surface area (Å²) in [4.78, 5) is 26.3. The molecule has 158 valence electrons. The fraction of sp³-hybridized carbons (Fsp3) is 0.160. The molecule has 32 heavy (non-hydrogen) atoms. The van der Waals surface area contributed by atoms with Gasteiger partial charge in [0.05, 0.1) is 11.0 Å². The summed E-state index contributed by atoms with van der Waals surface area (Å²) in [5.74, 6) is 0.175. The van der Waals surface area contributed by atoms with Crippen LogP contribution >= 0.6 is 12.2 Å². The molecule has 2 aliphatic heterocycles. The Balaban J connectivity index is 1.62. The van der Waals surface area contributed by atoms with Crippen molar-refractivity contribution in [2.24, 2.45) is 0 Å². The molecule has 0 radical (unpaired) electrons. The minimum atomic E-state index is -0.524. The molecule has 2 amide bonds. The molecule has 1 N–H and O–H groups in total. The molecular formula is C25H19N3O3S. The van der Waals surface area contributed by atoms with Gasteiger partial charge >= 0.3 is 0 Å². The van der Waals surface area contributed by atoms with Gasteiger partial charge in [0, 0.05) is 28.8 Å². The highest BCUT2D eigenvalue weighted by atomic mass is 32.1. The van der Waals surface area contributed by atoms with Crippen molar-refractivity contribution in [1.82, 2.24) is 14.8 Å². The largest absolute Gasteiger partial charge is 0.440 e. The number of carbonyl (C=O) groups excluding carboxylic acids is 2. The van der Waals surface area contributed by atoms with Gasteiger partial charge < -0.3 is 4.42 Å². The first-order valence-corrected chi connectivity index (χ1v) is 10.7. The third-order valence-corrected chi connectivity index (χ3v) is 6.94. The monoisotopic (exact) mass is 441 g/mol. The number of benzene rings is 2. The zero-order valence-electron chi connectivity index (χ0n) is 17.7. The number of amides is 2. The number of hydrogen-bond acceptors (Lipinski definition) is 4. The predicted molar refractivity (Wildman–Crippen MR) is 127 cm³/mol. The van der Waals surface area contributed by atoms with Crippen LogP contribution in [0.15, 0.2) is 58.5 Å². The summed E-state index contributed by atoms with van der Waals surface area (Å²) in [7, 11) is 1.54. The van der Waals surface area contributed by atoms with Crippen LogP contribution in [0.2, 0.25) is 0 Å². The Morgan fingerprint density at radius 2 is 1.78 bits per heavy atom. The van der Waals surface area contributed by atoms with Crippen LogP contribution in [0.4, 0.5) is 0 Å². The number of fused-ring (bicyclic) bond motifs is 5. The number of rotatable bonds is 1. The van der Waals surface area contributed by atoms with Gasteiger partial charge in [0.25, 0.3) is 11.8 Å². The summed E-state index contributed by atoms with van der Waals surface area (Å²) in [6, 6.07) is 16.5. The Morgan fingerprint density at radius 3 is 2.59 bits per heavy atom. The predicted octanol–water partition coefficient (Wildman–Crippen LogP) is 4.27. The molecule has 1 saturated heterocycles. The Labute approximate surface area is 189 Å². The second-order valence-corrected chi connectivity index (χ2v) is 9.12. The Kier molecular flexibility index (Phi) is 3.67. The fourth-order valence-electron chi connectivity index (χ4n) is 4.85. The number of para-hydroxylation sites is 2. The molecule has 0 saturated carbocycles. The molecule has 6 rings (SSSR count). The van der Waals surface area contributed by atoms with Crippen molar-refractivity contribution in [3.05, 3.63) is 71.0 Å². The minimum absolute atomic E-state index is 0.00923. The van der Waals surface area contributed by atoms with Crippen LogP contribution < -0.4 is 5.32 Å². The molecule has 7 heteroatoms. The standard InChI is InChI=1S/C25H19N3O3S/c1-25(2)17-9-6-8-15-14-7-4-5-10-19(14)28(20(15)17)23-18(25)12-13(31-23)11-16-21(29)26-24(32)27(3)22(16)30/h4-12H,1-3H3,(H,26,29,32)/b16-11-. The lowest BCUT2D eigenvalue weighted by Crippen LogP contribution is -2.52. The van der Waals surface area contributed by atoms with E-state index in [1.807, 2.05) is 18.2 Å². The number of thiocarbonyl (C=S) groups is 1. The highest BCUT2D eigenvalue weighted by Crippen LogP contribution is 2.48. The lowest BCUT2D eigenvalue weighted by Gasteiger charge is -2.31. The third-order valence-electron chi connectivity index (χ3n) is 6.57. The average molecular weight is 442 g/mol. The van der Waals surface area contributed by atoms with Crippen molar-refractivity contribution in [3.8, 4) is 5.88 Å². The highest BCUT2D eigenvalue weighted by Gasteiger charge is 2.38. The maximum Gasteiger partial charge on any atom is 0.265 e. The van der Waals surface area contributed by atoms with Gasteiger partial charge in [0.15, 0.2) is 5.11 Å². The number of nitrogens with one attached hydrogen (secondary N) is 1. The molecule has 0 bridgehead atoms. The minimum Gasteiger partial charge on any atom is -0.440 e. The van der Waals surface area contributed by atoms with Crippen molar-refractivity contribution >= 4 is 57.0 Å². The molecule has 0 atom stereocenters. The van der Waals surface area contributed by atoms with Crippen LogP contribution in [0.25, 0.3) is 33.8 Å². The molecule has 2 aromatic heterocycles. The first-order chi connectivity index (χ1) is 15.3. The zero-order valence-corrected chi connectivity index (χ0v) is 18.5. The number of furan rings is 1. The average Bonchev–Trinajstić information content (AvgIpc) is 3.34. The van der Waals surface area contributed by atoms with Gasteiger partial charge in [-0.05, 0) is 36.0 Å². The number of hydrogen-bond donors (Lipinski definition) is 1. The van der Waals surface area contributed by atoms with Crippen LogP contribution in [-0.4, -0.2) is 33.4 Å². The lowest BCUT2D eigenvalue weighted by atomic mass is 9.76. The molecule has 2 aliphatic rings. The topological polar surface area (TPSA) is 67.5 Å². The number of aromatic nitrogens is 1. The molecule has 4 heterocycles. The second-order valence-electron chi connectivity index (χ2n) is 8.73. The Hall–Kier alpha value is -3.71. The molecule has 6 nitrogen and oxygen atoms in total. The zero-order chi connectivity index (χ0) is 22.4. The summed E-state index contributed by atoms with van der Waals surface area (Å²) >= 11 is 5.03. The maximum atomic E-state index is 12.6. The van der Waals surface area contributed by atoms with Crippen molar-refractivity contribution in [2.45, 2.75) is 19.3 Å². The van der Waals surface area contributed by atoms with E-state index in [4.69, 9.17) is 16.6 Å². The van der Waals surface area contributed by atoms with E-state index < -0.39 is 11.8 Å². The van der Waals surface area contributed by atoms with Gasteiger partial charge in [-0.3, -0.25) is 24.4 Å². The van der Waals surface area contributed by atoms with Gasteiger partial charge in [-0.1, -0.05) is 50.2 Å². The van der Waals surface area contributed by atoms with E-state index in [0.717, 1.165) is 22.0 Å². The highest BCUT2D eigenvalue weighted by molar-refractivity contribution is 7.80. The molecule has 0 aliphatic carbocycles. The molecule has 0 spiro atoms. The summed E-state index contributed by atoms with van der Waals surface area (Å²) in [6.07, 6.45) is 1.50. The SMILES string of the molecule is CN1C(=O)/C(=C\c2cc3c(o2)-n2c4ccccc4c4cccc(c42)C3(C)C)C(=O)NC1=S. The van der Waals surface area contributed by atoms with Crippen molar-refractivity contribution in [1.29, 1.82) is 0 Å². The van der Waals surface area contributed by atoms with Crippen LogP contribution in [0.3, 0.4) is 0 Å². The summed E-state index contributed by atoms with van der Waals surface area (Å²) in [6.45, 7) is 4.33. The summed E-state index contributed by atoms with van der Waals surface area (Å²) in [5.41, 5.74) is 4.04. The van der Waals surface area contributed by atoms with Gasteiger partial charge in [-0.2, -0.15) is 0 Å². The molecular weight excluding hydrogens is 422 g/mol. The third kappa shape index (κ3) is 2.31. The van der Waals surface area contributed by atoms with Gasteiger partial charge in [-0.15, -0.1) is 0 Å². The smallest absolute Gasteiger partial charge is 0.265 e. The maximum absolute atomic E-state index is 12.6. The number of likely N-dealkylation sites (N-methyl/N-ethyl adjacent to an activating group) is 1. The Bertz CT molecular complexity index is 1550. The van der Waals surface area contributed by atoms with Crippen LogP contribution in [0, 0.1) is 0 Å². The first-order valence-electron chi connectivity index (χ1n) is 10.3. The molecule has 2 aromatic carbocycles. The summed E-state index contributed by atoms with van der Waals surface area (Å²) in [5, 5.41) is 4.96. The van der Waals surface area contributed by atoms with E-state index in [9.17, 15) is 9.59 Å². The van der Waals surface area contributed by atoms with Gasteiger partial charge in [-0.25, -0.2) is 0 Å². The first kappa shape index (κ1) is 19.0. The van der Waals surface area contributed by atoms with Crippen LogP contribution in [-0.2, 0) is 15.0 Å². The van der Waals surface area contributed by atoms with Gasteiger partial charge in [0.1, 0.15) is 11.3 Å². The van der Waals surface area contributed by atoms with Crippen LogP contribution in [0.5, 0.6) is 0 Å². The normalized spacial score (nSPS) is 18.5. The number of carbonyl (C=O) groups is 2. The van der Waals surface area contributed by atoms with E-state index in [1.165, 1.54) is 29.0 Å². The molecule has 1 fully saturated rings. The molecule has 0 unspecified atom stereocenters. The van der Waals surface area contributed by atoms with Crippen molar-refractivity contribution in [2.75, 3.05) is 7.05 Å². The lowest BCUT2D eigenvalue weighted by molar-refractivity contribution is -0.128. The van der Waals surface area contributed by atoms with Crippen molar-refractivity contribution in [3.63, 3.8) is 0 Å². The van der Waals surface area contributed by atoms with Gasteiger partial charge in [0.2, 0.25) is 5.88 Å². The van der Waals surface area contributed by atoms with E-state index >= 15 is 0 Å². The van der Waals surface area contributed by atoms with E-state index in [1.54, 1.807) is 0 Å². The molecule has 4 aromatic rings. The second kappa shape index (κ2) is 6.17. The quantitative estimate of drug-likeness (QED) is 0.272. The fourth-order valence-corrected chi connectivity index (χ4v) is 5.03.